The molecule has 3 N–H and O–H groups in total. The number of ether oxygens (including phenoxy) is 2. The Morgan fingerprint density at radius 3 is 2.75 bits per heavy atom. The third-order valence-corrected chi connectivity index (χ3v) is 4.28. The Morgan fingerprint density at radius 1 is 1.11 bits per heavy atom. The number of nitrogens with zero attached hydrogens (tertiary/aromatic N) is 3. The maximum absolute atomic E-state index is 9.08. The lowest BCUT2D eigenvalue weighted by molar-refractivity contribution is 0.196. The molecule has 8 heteroatoms. The molecular formula is C20H20N4O4. The molecule has 1 atom stereocenters. The van der Waals surface area contributed by atoms with Gasteiger partial charge in [-0.1, -0.05) is 6.08 Å². The molecule has 0 spiro atoms. The minimum atomic E-state index is -0.127. The van der Waals surface area contributed by atoms with Gasteiger partial charge in [-0.3, -0.25) is 9.97 Å². The predicted molar refractivity (Wildman–Crippen MR) is 102 cm³/mol. The molecule has 0 saturated carbocycles. The summed E-state index contributed by atoms with van der Waals surface area (Å²) in [6, 6.07) is 5.52. The van der Waals surface area contributed by atoms with Gasteiger partial charge < -0.3 is 24.7 Å². The van der Waals surface area contributed by atoms with Gasteiger partial charge in [0, 0.05) is 17.8 Å². The van der Waals surface area contributed by atoms with Crippen LogP contribution in [0.5, 0.6) is 11.6 Å². The summed E-state index contributed by atoms with van der Waals surface area (Å²) in [6.07, 6.45) is 9.58. The molecule has 1 unspecified atom stereocenters. The second-order valence-electron chi connectivity index (χ2n) is 6.27. The van der Waals surface area contributed by atoms with Crippen LogP contribution in [0.4, 0.5) is 0 Å². The highest BCUT2D eigenvalue weighted by Crippen LogP contribution is 2.18. The lowest BCUT2D eigenvalue weighted by Gasteiger charge is -2.15. The Balaban J connectivity index is 1.49. The molecule has 0 fully saturated rings. The summed E-state index contributed by atoms with van der Waals surface area (Å²) in [6.45, 7) is 0.0354. The molecule has 0 bridgehead atoms. The summed E-state index contributed by atoms with van der Waals surface area (Å²) in [4.78, 5) is 16.0. The van der Waals surface area contributed by atoms with E-state index in [0.29, 0.717) is 23.0 Å². The average Bonchev–Trinajstić information content (AvgIpc) is 3.17. The van der Waals surface area contributed by atoms with Crippen molar-refractivity contribution in [3.05, 3.63) is 53.1 Å². The van der Waals surface area contributed by atoms with E-state index in [4.69, 9.17) is 19.7 Å². The zero-order chi connectivity index (χ0) is 19.3. The van der Waals surface area contributed by atoms with Crippen molar-refractivity contribution in [1.29, 1.82) is 0 Å². The predicted octanol–water partition coefficient (Wildman–Crippen LogP) is 0.142. The monoisotopic (exact) mass is 380 g/mol. The zero-order valence-electron chi connectivity index (χ0n) is 15.1. The second kappa shape index (κ2) is 8.20. The van der Waals surface area contributed by atoms with E-state index in [1.807, 2.05) is 6.07 Å². The van der Waals surface area contributed by atoms with Gasteiger partial charge in [0.1, 0.15) is 24.2 Å². The number of aromatic nitrogens is 4. The van der Waals surface area contributed by atoms with E-state index in [9.17, 15) is 0 Å². The van der Waals surface area contributed by atoms with E-state index >= 15 is 0 Å². The van der Waals surface area contributed by atoms with Gasteiger partial charge >= 0.3 is 0 Å². The van der Waals surface area contributed by atoms with Crippen LogP contribution < -0.4 is 20.0 Å². The van der Waals surface area contributed by atoms with Gasteiger partial charge in [0.15, 0.2) is 0 Å². The standard InChI is InChI=1S/C20H20N4O4/c25-5-6-27-20-4-2-16(10-23-20)28-15-1-3-17-13(7-15)8-18(24-17)19-11-21-14(12-26)9-22-19/h2-4,7-11,15,24-26H,1,5-6,12H2. The molecule has 0 aliphatic heterocycles. The Bertz CT molecular complexity index is 1050. The summed E-state index contributed by atoms with van der Waals surface area (Å²) in [7, 11) is 0. The molecule has 28 heavy (non-hydrogen) atoms. The van der Waals surface area contributed by atoms with Gasteiger partial charge in [-0.25, -0.2) is 4.98 Å². The van der Waals surface area contributed by atoms with Crippen LogP contribution in [0.25, 0.3) is 23.5 Å². The Morgan fingerprint density at radius 2 is 2.04 bits per heavy atom. The molecule has 144 valence electrons. The van der Waals surface area contributed by atoms with E-state index in [0.717, 1.165) is 22.7 Å². The Hall–Kier alpha value is -3.23. The fourth-order valence-corrected chi connectivity index (χ4v) is 2.94. The van der Waals surface area contributed by atoms with Crippen molar-refractivity contribution in [1.82, 2.24) is 19.9 Å². The van der Waals surface area contributed by atoms with Gasteiger partial charge in [0.05, 0.1) is 43.2 Å². The Labute approximate surface area is 160 Å². The lowest BCUT2D eigenvalue weighted by atomic mass is 10.1. The number of nitrogens with one attached hydrogen (secondary N) is 1. The first-order valence-electron chi connectivity index (χ1n) is 8.95. The first-order chi connectivity index (χ1) is 13.7. The van der Waals surface area contributed by atoms with Crippen molar-refractivity contribution < 1.29 is 19.7 Å². The van der Waals surface area contributed by atoms with Crippen LogP contribution in [0.15, 0.2) is 36.8 Å². The summed E-state index contributed by atoms with van der Waals surface area (Å²) < 4.78 is 11.2. The summed E-state index contributed by atoms with van der Waals surface area (Å²) in [5.41, 5.74) is 2.11. The second-order valence-corrected chi connectivity index (χ2v) is 6.27. The minimum absolute atomic E-state index is 0.0506. The fourth-order valence-electron chi connectivity index (χ4n) is 2.94. The third-order valence-electron chi connectivity index (χ3n) is 4.28. The molecule has 0 aromatic carbocycles. The van der Waals surface area contributed by atoms with Crippen LogP contribution in [-0.2, 0) is 6.61 Å². The van der Waals surface area contributed by atoms with E-state index in [-0.39, 0.29) is 25.9 Å². The molecule has 0 radical (unpaired) electrons. The number of hydrogen-bond acceptors (Lipinski definition) is 7. The lowest BCUT2D eigenvalue weighted by Crippen LogP contribution is -2.31. The van der Waals surface area contributed by atoms with E-state index in [2.05, 4.69) is 32.1 Å². The van der Waals surface area contributed by atoms with Crippen LogP contribution in [-0.4, -0.2) is 49.5 Å². The molecule has 0 amide bonds. The van der Waals surface area contributed by atoms with Crippen molar-refractivity contribution in [3.8, 4) is 23.0 Å². The molecular weight excluding hydrogens is 360 g/mol. The number of aliphatic hydroxyl groups excluding tert-OH is 2. The smallest absolute Gasteiger partial charge is 0.213 e. The number of fused-ring (bicyclic) bond motifs is 1. The molecule has 1 aliphatic carbocycles. The Kier molecular flexibility index (Phi) is 5.31. The number of hydrogen-bond donors (Lipinski definition) is 3. The van der Waals surface area contributed by atoms with Gasteiger partial charge in [-0.15, -0.1) is 0 Å². The average molecular weight is 380 g/mol. The summed E-state index contributed by atoms with van der Waals surface area (Å²) in [5.74, 6) is 1.10. The number of aromatic amines is 1. The van der Waals surface area contributed by atoms with Crippen LogP contribution in [0.1, 0.15) is 12.1 Å². The SMILES string of the molecule is OCCOc1ccc(OC2C=c3cc(-c4cnc(CO)cn4)[nH]c3=CC2)cn1. The van der Waals surface area contributed by atoms with E-state index < -0.39 is 0 Å². The van der Waals surface area contributed by atoms with Gasteiger partial charge in [-0.05, 0) is 23.4 Å². The van der Waals surface area contributed by atoms with Crippen LogP contribution in [0.3, 0.4) is 0 Å². The fraction of sp³-hybridized carbons (Fsp3) is 0.250. The van der Waals surface area contributed by atoms with Gasteiger partial charge in [-0.2, -0.15) is 0 Å². The molecule has 3 aromatic rings. The highest BCUT2D eigenvalue weighted by Gasteiger charge is 2.12. The van der Waals surface area contributed by atoms with Crippen LogP contribution in [0, 0.1) is 0 Å². The van der Waals surface area contributed by atoms with E-state index in [1.54, 1.807) is 30.7 Å². The largest absolute Gasteiger partial charge is 0.484 e. The zero-order valence-corrected chi connectivity index (χ0v) is 15.1. The first kappa shape index (κ1) is 18.1. The van der Waals surface area contributed by atoms with Crippen molar-refractivity contribution in [3.63, 3.8) is 0 Å². The highest BCUT2D eigenvalue weighted by molar-refractivity contribution is 5.56. The normalized spacial score (nSPS) is 15.3. The van der Waals surface area contributed by atoms with Crippen molar-refractivity contribution in [2.24, 2.45) is 0 Å². The number of pyridine rings is 1. The maximum atomic E-state index is 9.08. The topological polar surface area (TPSA) is 113 Å². The summed E-state index contributed by atoms with van der Waals surface area (Å²) >= 11 is 0. The maximum Gasteiger partial charge on any atom is 0.213 e. The molecule has 8 nitrogen and oxygen atoms in total. The van der Waals surface area contributed by atoms with Gasteiger partial charge in [0.25, 0.3) is 0 Å². The quantitative estimate of drug-likeness (QED) is 0.534. The number of H-pyrrole nitrogens is 1. The number of aliphatic hydroxyl groups is 2. The molecule has 4 rings (SSSR count). The van der Waals surface area contributed by atoms with Crippen molar-refractivity contribution in [2.75, 3.05) is 13.2 Å². The first-order valence-corrected chi connectivity index (χ1v) is 8.95. The molecule has 3 heterocycles. The van der Waals surface area contributed by atoms with E-state index in [1.165, 1.54) is 0 Å². The van der Waals surface area contributed by atoms with Crippen molar-refractivity contribution in [2.45, 2.75) is 19.1 Å². The van der Waals surface area contributed by atoms with Crippen LogP contribution in [0.2, 0.25) is 0 Å². The van der Waals surface area contributed by atoms with Crippen LogP contribution >= 0.6 is 0 Å². The van der Waals surface area contributed by atoms with Crippen molar-refractivity contribution >= 4 is 12.2 Å². The minimum Gasteiger partial charge on any atom is -0.484 e. The number of rotatable bonds is 7. The molecule has 1 aliphatic rings. The summed E-state index contributed by atoms with van der Waals surface area (Å²) in [5, 5.41) is 19.9. The van der Waals surface area contributed by atoms with Gasteiger partial charge in [0.2, 0.25) is 5.88 Å². The third kappa shape index (κ3) is 4.03. The molecule has 0 saturated heterocycles. The highest BCUT2D eigenvalue weighted by atomic mass is 16.5. The molecule has 3 aromatic heterocycles.